The van der Waals surface area contributed by atoms with Gasteiger partial charge in [-0.15, -0.1) is 0 Å². The second-order valence-electron chi connectivity index (χ2n) is 9.41. The second-order valence-corrected chi connectivity index (χ2v) is 10.4. The zero-order chi connectivity index (χ0) is 28.8. The average molecular weight is 583 g/mol. The topological polar surface area (TPSA) is 98.4 Å². The van der Waals surface area contributed by atoms with E-state index in [2.05, 4.69) is 15.2 Å². The van der Waals surface area contributed by atoms with E-state index in [4.69, 9.17) is 0 Å². The standard InChI is InChI=1S/C26H20F6N4O3S/c27-25(28,29)17-5-3-14(19(10-17)26(30,31)32)9-18(13-4-6-20-16(8-13)11-33-35-20)21-22(37)34-24(40-21)36-7-1-2-15(12-36)23(38)39/h3-6,8,10-11,15,37H,1-2,7,9,12H2,(H,38,39)/t15-/m0/s1. The number of nitrogens with zero attached hydrogens (tertiary/aromatic N) is 4. The van der Waals surface area contributed by atoms with Crippen LogP contribution in [0.15, 0.2) is 46.6 Å². The molecule has 5 rings (SSSR count). The second kappa shape index (κ2) is 10.2. The molecular weight excluding hydrogens is 562 g/mol. The lowest BCUT2D eigenvalue weighted by Crippen LogP contribution is -2.38. The lowest BCUT2D eigenvalue weighted by atomic mass is 9.94. The first-order chi connectivity index (χ1) is 18.8. The van der Waals surface area contributed by atoms with Crippen LogP contribution >= 0.6 is 11.3 Å². The highest BCUT2D eigenvalue weighted by Gasteiger charge is 2.38. The van der Waals surface area contributed by atoms with Crippen LogP contribution < -0.4 is 15.5 Å². The molecule has 0 saturated carbocycles. The Morgan fingerprint density at radius 2 is 1.85 bits per heavy atom. The van der Waals surface area contributed by atoms with Crippen LogP contribution in [0.1, 0.15) is 40.0 Å². The third kappa shape index (κ3) is 5.53. The van der Waals surface area contributed by atoms with Crippen molar-refractivity contribution in [2.75, 3.05) is 18.0 Å². The van der Waals surface area contributed by atoms with Crippen LogP contribution in [0.4, 0.5) is 31.5 Å². The van der Waals surface area contributed by atoms with Gasteiger partial charge in [0.2, 0.25) is 5.88 Å². The van der Waals surface area contributed by atoms with E-state index in [9.17, 15) is 41.4 Å². The van der Waals surface area contributed by atoms with Gasteiger partial charge in [0.25, 0.3) is 0 Å². The molecule has 3 aromatic rings. The highest BCUT2D eigenvalue weighted by atomic mass is 32.1. The van der Waals surface area contributed by atoms with Crippen molar-refractivity contribution in [2.24, 2.45) is 16.1 Å². The summed E-state index contributed by atoms with van der Waals surface area (Å²) < 4.78 is 81.6. The van der Waals surface area contributed by atoms with E-state index in [-0.39, 0.29) is 28.2 Å². The molecule has 0 unspecified atom stereocenters. The fourth-order valence-electron chi connectivity index (χ4n) is 4.75. The van der Waals surface area contributed by atoms with Crippen molar-refractivity contribution in [3.05, 3.63) is 74.1 Å². The van der Waals surface area contributed by atoms with Gasteiger partial charge >= 0.3 is 18.3 Å². The number of halogens is 6. The largest absolute Gasteiger partial charge is 0.492 e. The van der Waals surface area contributed by atoms with Gasteiger partial charge in [-0.2, -0.15) is 41.5 Å². The number of rotatable bonds is 5. The predicted molar refractivity (Wildman–Crippen MR) is 134 cm³/mol. The summed E-state index contributed by atoms with van der Waals surface area (Å²) in [6.07, 6.45) is -8.03. The molecular formula is C26H20F6N4O3S. The van der Waals surface area contributed by atoms with Crippen LogP contribution in [-0.4, -0.2) is 40.5 Å². The van der Waals surface area contributed by atoms with Crippen molar-refractivity contribution in [2.45, 2.75) is 31.6 Å². The molecule has 0 bridgehead atoms. The molecule has 7 nitrogen and oxygen atoms in total. The molecule has 0 spiro atoms. The summed E-state index contributed by atoms with van der Waals surface area (Å²) in [6.45, 7) is 0.616. The molecule has 0 amide bonds. The minimum atomic E-state index is -5.08. The van der Waals surface area contributed by atoms with E-state index >= 15 is 0 Å². The van der Waals surface area contributed by atoms with E-state index in [0.717, 1.165) is 17.4 Å². The SMILES string of the molecule is O=C(O)[C@H]1CCCN(c2nc(O)c(C(Cc3ccc(C(F)(F)F)cc3C(F)(F)F)=c3ccc4c(c3)C=NN=4)s2)C1. The molecule has 40 heavy (non-hydrogen) atoms. The summed E-state index contributed by atoms with van der Waals surface area (Å²) in [5.41, 5.74) is -2.53. The Labute approximate surface area is 226 Å². The molecule has 2 aliphatic rings. The van der Waals surface area contributed by atoms with Gasteiger partial charge in [-0.25, -0.2) is 0 Å². The Morgan fingerprint density at radius 1 is 1.07 bits per heavy atom. The molecule has 0 aliphatic carbocycles. The molecule has 3 heterocycles. The Bertz CT molecular complexity index is 1630. The maximum Gasteiger partial charge on any atom is 0.416 e. The van der Waals surface area contributed by atoms with E-state index in [1.807, 2.05) is 0 Å². The third-order valence-corrected chi connectivity index (χ3v) is 7.93. The van der Waals surface area contributed by atoms with Gasteiger partial charge in [0.15, 0.2) is 5.13 Å². The van der Waals surface area contributed by atoms with Crippen molar-refractivity contribution in [3.8, 4) is 5.88 Å². The smallest absolute Gasteiger partial charge is 0.416 e. The number of hydrogen-bond acceptors (Lipinski definition) is 7. The Morgan fingerprint density at radius 3 is 2.55 bits per heavy atom. The van der Waals surface area contributed by atoms with Crippen molar-refractivity contribution in [3.63, 3.8) is 0 Å². The molecule has 1 atom stereocenters. The number of alkyl halides is 6. The Balaban J connectivity index is 1.65. The fourth-order valence-corrected chi connectivity index (χ4v) is 5.81. The van der Waals surface area contributed by atoms with Gasteiger partial charge in [0.1, 0.15) is 0 Å². The minimum Gasteiger partial charge on any atom is -0.492 e. The summed E-state index contributed by atoms with van der Waals surface area (Å²) in [5.74, 6) is -2.09. The van der Waals surface area contributed by atoms with Crippen LogP contribution in [0.3, 0.4) is 0 Å². The minimum absolute atomic E-state index is 0.0823. The predicted octanol–water partition coefficient (Wildman–Crippen LogP) is 4.60. The summed E-state index contributed by atoms with van der Waals surface area (Å²) in [5, 5.41) is 29.2. The first-order valence-corrected chi connectivity index (χ1v) is 12.8. The van der Waals surface area contributed by atoms with Crippen molar-refractivity contribution >= 4 is 34.2 Å². The number of piperidine rings is 1. The molecule has 0 radical (unpaired) electrons. The van der Waals surface area contributed by atoms with Crippen LogP contribution in [0.5, 0.6) is 5.88 Å². The highest BCUT2D eigenvalue weighted by molar-refractivity contribution is 7.17. The van der Waals surface area contributed by atoms with Crippen molar-refractivity contribution < 1.29 is 41.4 Å². The molecule has 210 valence electrons. The molecule has 2 N–H and O–H groups in total. The van der Waals surface area contributed by atoms with Gasteiger partial charge in [0, 0.05) is 25.1 Å². The molecule has 14 heteroatoms. The number of thiazole rings is 1. The first-order valence-electron chi connectivity index (χ1n) is 12.0. The monoisotopic (exact) mass is 582 g/mol. The van der Waals surface area contributed by atoms with E-state index in [1.54, 1.807) is 23.1 Å². The van der Waals surface area contributed by atoms with Crippen LogP contribution in [0, 0.1) is 5.92 Å². The van der Waals surface area contributed by atoms with Gasteiger partial charge in [0.05, 0.1) is 33.5 Å². The Kier molecular flexibility index (Phi) is 7.06. The highest BCUT2D eigenvalue weighted by Crippen LogP contribution is 2.41. The first kappa shape index (κ1) is 27.6. The number of anilines is 1. The van der Waals surface area contributed by atoms with Gasteiger partial charge in [-0.3, -0.25) is 4.79 Å². The van der Waals surface area contributed by atoms with Crippen LogP contribution in [0.2, 0.25) is 0 Å². The summed E-state index contributed by atoms with van der Waals surface area (Å²) in [6, 6.07) is 6.24. The van der Waals surface area contributed by atoms with Gasteiger partial charge in [-0.05, 0) is 53.5 Å². The van der Waals surface area contributed by atoms with E-state index in [1.165, 1.54) is 6.21 Å². The van der Waals surface area contributed by atoms with Crippen LogP contribution in [-0.2, 0) is 23.6 Å². The zero-order valence-corrected chi connectivity index (χ0v) is 21.2. The summed E-state index contributed by atoms with van der Waals surface area (Å²) in [4.78, 5) is 17.5. The fraction of sp³-hybridized carbons (Fsp3) is 0.308. The third-order valence-electron chi connectivity index (χ3n) is 6.76. The number of carboxylic acids is 1. The van der Waals surface area contributed by atoms with Gasteiger partial charge < -0.3 is 15.1 Å². The van der Waals surface area contributed by atoms with E-state index in [0.29, 0.717) is 41.6 Å². The molecule has 1 saturated heterocycles. The number of aliphatic carboxylic acids is 1. The lowest BCUT2D eigenvalue weighted by molar-refractivity contribution is -0.144. The molecule has 1 fully saturated rings. The number of fused-ring (bicyclic) bond motifs is 1. The van der Waals surface area contributed by atoms with Crippen LogP contribution in [0.25, 0.3) is 5.57 Å². The number of carboxylic acid groups (broad SMARTS) is 1. The lowest BCUT2D eigenvalue weighted by Gasteiger charge is -2.30. The average Bonchev–Trinajstić information content (AvgIpc) is 3.52. The maximum atomic E-state index is 14.0. The summed E-state index contributed by atoms with van der Waals surface area (Å²) in [7, 11) is 0. The maximum absolute atomic E-state index is 14.0. The number of benzene rings is 2. The quantitative estimate of drug-likeness (QED) is 0.429. The number of aromatic nitrogens is 1. The summed E-state index contributed by atoms with van der Waals surface area (Å²) >= 11 is 0.973. The molecule has 2 aromatic carbocycles. The molecule has 1 aromatic heterocycles. The number of hydrogen-bond donors (Lipinski definition) is 2. The van der Waals surface area contributed by atoms with Crippen molar-refractivity contribution in [1.82, 2.24) is 4.98 Å². The molecule has 2 aliphatic heterocycles. The van der Waals surface area contributed by atoms with Crippen molar-refractivity contribution in [1.29, 1.82) is 0 Å². The van der Waals surface area contributed by atoms with E-state index < -0.39 is 53.2 Å². The zero-order valence-electron chi connectivity index (χ0n) is 20.4. The number of carbonyl (C=O) groups is 1. The Hall–Kier alpha value is -3.94. The normalized spacial score (nSPS) is 17.9. The van der Waals surface area contributed by atoms with Gasteiger partial charge in [-0.1, -0.05) is 23.5 Å². The number of aromatic hydroxyl groups is 1.